The predicted molar refractivity (Wildman–Crippen MR) is 103 cm³/mol. The van der Waals surface area contributed by atoms with Gasteiger partial charge in [0.25, 0.3) is 0 Å². The molecule has 0 unspecified atom stereocenters. The van der Waals surface area contributed by atoms with Crippen molar-refractivity contribution >= 4 is 38.5 Å². The standard InChI is InChI=1S/C18H17ClN2O2S2/c1-13-2-8-17(9-3-13)25(22,23)12-14-4-6-15(7-5-14)20-10-16-11-21-18(19)24-16/h2-9,11,20H,10,12H2,1H3. The molecule has 0 bridgehead atoms. The van der Waals surface area contributed by atoms with E-state index in [0.29, 0.717) is 15.9 Å². The smallest absolute Gasteiger partial charge is 0.183 e. The molecule has 0 aliphatic rings. The monoisotopic (exact) mass is 392 g/mol. The number of halogens is 1. The molecule has 4 nitrogen and oxygen atoms in total. The van der Waals surface area contributed by atoms with Crippen LogP contribution in [0.25, 0.3) is 0 Å². The van der Waals surface area contributed by atoms with E-state index in [4.69, 9.17) is 11.6 Å². The second-order valence-corrected chi connectivity index (χ2v) is 9.39. The second-order valence-electron chi connectivity index (χ2n) is 5.70. The summed E-state index contributed by atoms with van der Waals surface area (Å²) in [6.45, 7) is 2.56. The quantitative estimate of drug-likeness (QED) is 0.661. The number of rotatable bonds is 6. The van der Waals surface area contributed by atoms with E-state index in [2.05, 4.69) is 10.3 Å². The van der Waals surface area contributed by atoms with E-state index in [9.17, 15) is 8.42 Å². The van der Waals surface area contributed by atoms with E-state index in [0.717, 1.165) is 21.7 Å². The van der Waals surface area contributed by atoms with E-state index in [1.165, 1.54) is 11.3 Å². The van der Waals surface area contributed by atoms with Crippen molar-refractivity contribution in [2.45, 2.75) is 24.1 Å². The lowest BCUT2D eigenvalue weighted by Gasteiger charge is -2.08. The zero-order chi connectivity index (χ0) is 17.9. The van der Waals surface area contributed by atoms with Crippen LogP contribution < -0.4 is 5.32 Å². The van der Waals surface area contributed by atoms with Gasteiger partial charge in [0.15, 0.2) is 14.3 Å². The van der Waals surface area contributed by atoms with Gasteiger partial charge in [-0.1, -0.05) is 41.4 Å². The molecule has 0 aliphatic heterocycles. The molecule has 0 radical (unpaired) electrons. The Labute approximate surface area is 156 Å². The number of hydrogen-bond acceptors (Lipinski definition) is 5. The lowest BCUT2D eigenvalue weighted by Crippen LogP contribution is -2.05. The summed E-state index contributed by atoms with van der Waals surface area (Å²) in [6, 6.07) is 14.3. The first-order valence-corrected chi connectivity index (χ1v) is 10.5. The molecular formula is C18H17ClN2O2S2. The lowest BCUT2D eigenvalue weighted by molar-refractivity contribution is 0.595. The van der Waals surface area contributed by atoms with Crippen LogP contribution in [0.4, 0.5) is 5.69 Å². The van der Waals surface area contributed by atoms with Gasteiger partial charge in [0.2, 0.25) is 0 Å². The van der Waals surface area contributed by atoms with Crippen molar-refractivity contribution in [2.24, 2.45) is 0 Å². The number of benzene rings is 2. The van der Waals surface area contributed by atoms with Crippen LogP contribution in [0.15, 0.2) is 59.6 Å². The molecule has 0 atom stereocenters. The SMILES string of the molecule is Cc1ccc(S(=O)(=O)Cc2ccc(NCc3cnc(Cl)s3)cc2)cc1. The number of hydrogen-bond donors (Lipinski definition) is 1. The maximum absolute atomic E-state index is 12.5. The van der Waals surface area contributed by atoms with Crippen LogP contribution in [-0.4, -0.2) is 13.4 Å². The third-order valence-electron chi connectivity index (χ3n) is 3.68. The normalized spacial score (nSPS) is 11.4. The summed E-state index contributed by atoms with van der Waals surface area (Å²) in [6.07, 6.45) is 1.74. The molecule has 1 aromatic heterocycles. The molecule has 3 rings (SSSR count). The van der Waals surface area contributed by atoms with Crippen molar-refractivity contribution in [3.8, 4) is 0 Å². The van der Waals surface area contributed by atoms with Crippen LogP contribution in [0.3, 0.4) is 0 Å². The first-order chi connectivity index (χ1) is 11.9. The van der Waals surface area contributed by atoms with Gasteiger partial charge in [0.1, 0.15) is 0 Å². The van der Waals surface area contributed by atoms with Crippen LogP contribution in [0.1, 0.15) is 16.0 Å². The van der Waals surface area contributed by atoms with Gasteiger partial charge >= 0.3 is 0 Å². The summed E-state index contributed by atoms with van der Waals surface area (Å²) < 4.78 is 25.5. The maximum Gasteiger partial charge on any atom is 0.183 e. The summed E-state index contributed by atoms with van der Waals surface area (Å²) in [7, 11) is -3.34. The third-order valence-corrected chi connectivity index (χ3v) is 6.50. The summed E-state index contributed by atoms with van der Waals surface area (Å²) in [5.74, 6) is -0.0131. The summed E-state index contributed by atoms with van der Waals surface area (Å²) >= 11 is 7.24. The number of sulfone groups is 1. The molecule has 0 aliphatic carbocycles. The van der Waals surface area contributed by atoms with Crippen molar-refractivity contribution < 1.29 is 8.42 Å². The molecule has 0 amide bonds. The lowest BCUT2D eigenvalue weighted by atomic mass is 10.2. The van der Waals surface area contributed by atoms with E-state index in [-0.39, 0.29) is 5.75 Å². The van der Waals surface area contributed by atoms with Crippen molar-refractivity contribution in [3.05, 3.63) is 75.2 Å². The van der Waals surface area contributed by atoms with Crippen LogP contribution in [0, 0.1) is 6.92 Å². The first kappa shape index (κ1) is 17.9. The number of nitrogens with zero attached hydrogens (tertiary/aromatic N) is 1. The van der Waals surface area contributed by atoms with Crippen molar-refractivity contribution in [3.63, 3.8) is 0 Å². The van der Waals surface area contributed by atoms with Gasteiger partial charge in [0, 0.05) is 16.8 Å². The molecular weight excluding hydrogens is 376 g/mol. The Morgan fingerprint density at radius 2 is 1.76 bits per heavy atom. The van der Waals surface area contributed by atoms with Crippen LogP contribution in [0.5, 0.6) is 0 Å². The fraction of sp³-hybridized carbons (Fsp3) is 0.167. The van der Waals surface area contributed by atoms with Gasteiger partial charge in [-0.15, -0.1) is 11.3 Å². The molecule has 0 spiro atoms. The summed E-state index contributed by atoms with van der Waals surface area (Å²) in [5, 5.41) is 3.26. The highest BCUT2D eigenvalue weighted by Gasteiger charge is 2.15. The Kier molecular flexibility index (Phi) is 5.42. The molecule has 0 fully saturated rings. The summed E-state index contributed by atoms with van der Waals surface area (Å²) in [5.41, 5.74) is 2.71. The van der Waals surface area contributed by atoms with Gasteiger partial charge in [-0.25, -0.2) is 13.4 Å². The molecule has 7 heteroatoms. The molecule has 2 aromatic carbocycles. The van der Waals surface area contributed by atoms with Gasteiger partial charge in [-0.3, -0.25) is 0 Å². The molecule has 130 valence electrons. The predicted octanol–water partition coefficient (Wildman–Crippen LogP) is 4.69. The fourth-order valence-electron chi connectivity index (χ4n) is 2.32. The zero-order valence-corrected chi connectivity index (χ0v) is 16.0. The van der Waals surface area contributed by atoms with Gasteiger partial charge in [0.05, 0.1) is 17.2 Å². The Morgan fingerprint density at radius 1 is 1.08 bits per heavy atom. The molecule has 0 saturated carbocycles. The topological polar surface area (TPSA) is 59.1 Å². The van der Waals surface area contributed by atoms with E-state index in [1.54, 1.807) is 18.3 Å². The van der Waals surface area contributed by atoms with Crippen LogP contribution in [0.2, 0.25) is 4.47 Å². The largest absolute Gasteiger partial charge is 0.380 e. The fourth-order valence-corrected chi connectivity index (χ4v) is 4.59. The Bertz CT molecular complexity index is 950. The third kappa shape index (κ3) is 4.81. The van der Waals surface area contributed by atoms with Crippen molar-refractivity contribution in [1.82, 2.24) is 4.98 Å². The van der Waals surface area contributed by atoms with Crippen LogP contribution >= 0.6 is 22.9 Å². The first-order valence-electron chi connectivity index (χ1n) is 7.65. The minimum Gasteiger partial charge on any atom is -0.380 e. The molecule has 0 saturated heterocycles. The van der Waals surface area contributed by atoms with Crippen molar-refractivity contribution in [1.29, 1.82) is 0 Å². The zero-order valence-electron chi connectivity index (χ0n) is 13.6. The number of anilines is 1. The van der Waals surface area contributed by atoms with Gasteiger partial charge < -0.3 is 5.32 Å². The average Bonchev–Trinajstić information content (AvgIpc) is 3.00. The van der Waals surface area contributed by atoms with Crippen molar-refractivity contribution in [2.75, 3.05) is 5.32 Å². The number of nitrogens with one attached hydrogen (secondary N) is 1. The number of thiazole rings is 1. The molecule has 1 heterocycles. The minimum absolute atomic E-state index is 0.0131. The highest BCUT2D eigenvalue weighted by molar-refractivity contribution is 7.90. The Morgan fingerprint density at radius 3 is 2.36 bits per heavy atom. The Hall–Kier alpha value is -1.89. The van der Waals surface area contributed by atoms with E-state index >= 15 is 0 Å². The van der Waals surface area contributed by atoms with Crippen LogP contribution in [-0.2, 0) is 22.1 Å². The molecule has 25 heavy (non-hydrogen) atoms. The summed E-state index contributed by atoms with van der Waals surface area (Å²) in [4.78, 5) is 5.38. The molecule has 3 aromatic rings. The number of aromatic nitrogens is 1. The number of aryl methyl sites for hydroxylation is 1. The van der Waals surface area contributed by atoms with E-state index < -0.39 is 9.84 Å². The highest BCUT2D eigenvalue weighted by Crippen LogP contribution is 2.21. The van der Waals surface area contributed by atoms with Gasteiger partial charge in [-0.2, -0.15) is 0 Å². The molecule has 1 N–H and O–H groups in total. The minimum atomic E-state index is -3.34. The average molecular weight is 393 g/mol. The maximum atomic E-state index is 12.5. The highest BCUT2D eigenvalue weighted by atomic mass is 35.5. The second kappa shape index (κ2) is 7.56. The van der Waals surface area contributed by atoms with Gasteiger partial charge in [-0.05, 0) is 36.8 Å². The van der Waals surface area contributed by atoms with E-state index in [1.807, 2.05) is 43.3 Å². The Balaban J connectivity index is 1.64.